The number of ketones is 1. The maximum absolute atomic E-state index is 14.0. The molecular weight excluding hydrogens is 326 g/mol. The van der Waals surface area contributed by atoms with Crippen LogP contribution in [0.25, 0.3) is 0 Å². The third-order valence-electron chi connectivity index (χ3n) is 4.46. The van der Waals surface area contributed by atoms with Crippen molar-refractivity contribution in [3.8, 4) is 5.75 Å². The van der Waals surface area contributed by atoms with Gasteiger partial charge in [-0.25, -0.2) is 8.78 Å². The minimum absolute atomic E-state index is 0.131. The van der Waals surface area contributed by atoms with Gasteiger partial charge in [0.15, 0.2) is 17.3 Å². The van der Waals surface area contributed by atoms with Crippen molar-refractivity contribution in [2.24, 2.45) is 0 Å². The highest BCUT2D eigenvalue weighted by molar-refractivity contribution is 6.00. The highest BCUT2D eigenvalue weighted by atomic mass is 19.1. The molecule has 0 atom stereocenters. The molecule has 1 aliphatic rings. The van der Waals surface area contributed by atoms with E-state index in [1.54, 1.807) is 18.2 Å². The average molecular weight is 346 g/mol. The zero-order valence-electron chi connectivity index (χ0n) is 14.3. The standard InChI is InChI=1S/C19H20F2N2O2/c1-13(24)19-15(20)4-3-5-17(19)23-10-8-22(9-11-23)14-6-7-18(25-2)16(21)12-14/h3-7,12H,8-11H2,1-2H3. The minimum atomic E-state index is -0.496. The molecule has 0 aromatic heterocycles. The van der Waals surface area contributed by atoms with Gasteiger partial charge in [-0.15, -0.1) is 0 Å². The number of ether oxygens (including phenoxy) is 1. The van der Waals surface area contributed by atoms with Gasteiger partial charge in [0.25, 0.3) is 0 Å². The number of halogens is 2. The summed E-state index contributed by atoms with van der Waals surface area (Å²) in [6.45, 7) is 3.92. The Labute approximate surface area is 145 Å². The number of rotatable bonds is 4. The molecule has 2 aromatic carbocycles. The van der Waals surface area contributed by atoms with Crippen LogP contribution in [0.15, 0.2) is 36.4 Å². The quantitative estimate of drug-likeness (QED) is 0.794. The molecule has 3 rings (SSSR count). The van der Waals surface area contributed by atoms with E-state index >= 15 is 0 Å². The summed E-state index contributed by atoms with van der Waals surface area (Å²) >= 11 is 0. The molecule has 0 amide bonds. The highest BCUT2D eigenvalue weighted by Crippen LogP contribution is 2.28. The normalized spacial score (nSPS) is 14.6. The van der Waals surface area contributed by atoms with Gasteiger partial charge in [0.05, 0.1) is 18.4 Å². The van der Waals surface area contributed by atoms with E-state index in [2.05, 4.69) is 4.90 Å². The lowest BCUT2D eigenvalue weighted by Gasteiger charge is -2.38. The zero-order valence-corrected chi connectivity index (χ0v) is 14.3. The van der Waals surface area contributed by atoms with E-state index < -0.39 is 11.6 Å². The fourth-order valence-electron chi connectivity index (χ4n) is 3.18. The molecule has 0 unspecified atom stereocenters. The third-order valence-corrected chi connectivity index (χ3v) is 4.46. The van der Waals surface area contributed by atoms with E-state index in [1.165, 1.54) is 26.2 Å². The second-order valence-corrected chi connectivity index (χ2v) is 5.98. The Bertz CT molecular complexity index is 787. The smallest absolute Gasteiger partial charge is 0.167 e. The second-order valence-electron chi connectivity index (χ2n) is 5.98. The van der Waals surface area contributed by atoms with Crippen LogP contribution < -0.4 is 14.5 Å². The van der Waals surface area contributed by atoms with Crippen LogP contribution >= 0.6 is 0 Å². The van der Waals surface area contributed by atoms with E-state index in [0.29, 0.717) is 31.9 Å². The maximum Gasteiger partial charge on any atom is 0.167 e. The molecule has 1 heterocycles. The van der Waals surface area contributed by atoms with Gasteiger partial charge in [-0.3, -0.25) is 4.79 Å². The molecule has 0 spiro atoms. The Balaban J connectivity index is 1.76. The van der Waals surface area contributed by atoms with Gasteiger partial charge in [0.2, 0.25) is 0 Å². The van der Waals surface area contributed by atoms with Gasteiger partial charge in [0, 0.05) is 37.9 Å². The van der Waals surface area contributed by atoms with Crippen LogP contribution in [0.4, 0.5) is 20.2 Å². The predicted octanol–water partition coefficient (Wildman–Crippen LogP) is 3.50. The average Bonchev–Trinajstić information content (AvgIpc) is 2.61. The molecule has 2 aromatic rings. The lowest BCUT2D eigenvalue weighted by Crippen LogP contribution is -2.47. The summed E-state index contributed by atoms with van der Waals surface area (Å²) in [5, 5.41) is 0. The third kappa shape index (κ3) is 3.43. The summed E-state index contributed by atoms with van der Waals surface area (Å²) in [4.78, 5) is 15.8. The van der Waals surface area contributed by atoms with Crippen molar-refractivity contribution in [2.45, 2.75) is 6.92 Å². The van der Waals surface area contributed by atoms with Crippen molar-refractivity contribution in [3.05, 3.63) is 53.6 Å². The number of Topliss-reactive ketones (excluding diaryl/α,β-unsaturated/α-hetero) is 1. The van der Waals surface area contributed by atoms with Gasteiger partial charge in [0.1, 0.15) is 5.82 Å². The number of nitrogens with zero attached hydrogens (tertiary/aromatic N) is 2. The topological polar surface area (TPSA) is 32.8 Å². The maximum atomic E-state index is 14.0. The van der Waals surface area contributed by atoms with Crippen LogP contribution in [-0.2, 0) is 0 Å². The Kier molecular flexibility index (Phi) is 4.88. The molecule has 1 aliphatic heterocycles. The minimum Gasteiger partial charge on any atom is -0.494 e. The first-order valence-corrected chi connectivity index (χ1v) is 8.14. The summed E-state index contributed by atoms with van der Waals surface area (Å²) in [5.74, 6) is -0.961. The molecule has 25 heavy (non-hydrogen) atoms. The molecule has 0 N–H and O–H groups in total. The zero-order chi connectivity index (χ0) is 18.0. The molecule has 0 bridgehead atoms. The van der Waals surface area contributed by atoms with E-state index in [1.807, 2.05) is 11.0 Å². The summed E-state index contributed by atoms with van der Waals surface area (Å²) in [7, 11) is 1.43. The summed E-state index contributed by atoms with van der Waals surface area (Å²) in [6, 6.07) is 9.57. The number of hydrogen-bond acceptors (Lipinski definition) is 4. The lowest BCUT2D eigenvalue weighted by molar-refractivity contribution is 0.101. The van der Waals surface area contributed by atoms with Crippen molar-refractivity contribution < 1.29 is 18.3 Å². The molecule has 4 nitrogen and oxygen atoms in total. The fourth-order valence-corrected chi connectivity index (χ4v) is 3.18. The Morgan fingerprint density at radius 2 is 1.68 bits per heavy atom. The second kappa shape index (κ2) is 7.09. The number of piperazine rings is 1. The fraction of sp³-hybridized carbons (Fsp3) is 0.316. The van der Waals surface area contributed by atoms with Crippen LogP contribution in [0.2, 0.25) is 0 Å². The number of methoxy groups -OCH3 is 1. The summed E-state index contributed by atoms with van der Waals surface area (Å²) in [6.07, 6.45) is 0. The number of anilines is 2. The first kappa shape index (κ1) is 17.2. The van der Waals surface area contributed by atoms with Crippen LogP contribution in [0.1, 0.15) is 17.3 Å². The molecule has 1 fully saturated rings. The first-order chi connectivity index (χ1) is 12.0. The van der Waals surface area contributed by atoms with Gasteiger partial charge in [-0.2, -0.15) is 0 Å². The SMILES string of the molecule is COc1ccc(N2CCN(c3cccc(F)c3C(C)=O)CC2)cc1F. The van der Waals surface area contributed by atoms with Crippen molar-refractivity contribution in [2.75, 3.05) is 43.1 Å². The largest absolute Gasteiger partial charge is 0.494 e. The molecule has 0 saturated carbocycles. The van der Waals surface area contributed by atoms with Gasteiger partial charge >= 0.3 is 0 Å². The van der Waals surface area contributed by atoms with E-state index in [4.69, 9.17) is 4.74 Å². The highest BCUT2D eigenvalue weighted by Gasteiger charge is 2.23. The number of carbonyl (C=O) groups is 1. The molecule has 1 saturated heterocycles. The molecule has 0 radical (unpaired) electrons. The molecule has 6 heteroatoms. The lowest BCUT2D eigenvalue weighted by atomic mass is 10.1. The Morgan fingerprint density at radius 1 is 1.00 bits per heavy atom. The van der Waals surface area contributed by atoms with Crippen molar-refractivity contribution >= 4 is 17.2 Å². The Morgan fingerprint density at radius 3 is 2.28 bits per heavy atom. The molecular formula is C19H20F2N2O2. The van der Waals surface area contributed by atoms with Crippen molar-refractivity contribution in [3.63, 3.8) is 0 Å². The van der Waals surface area contributed by atoms with E-state index in [0.717, 1.165) is 5.69 Å². The van der Waals surface area contributed by atoms with Crippen LogP contribution in [0.5, 0.6) is 5.75 Å². The molecule has 132 valence electrons. The first-order valence-electron chi connectivity index (χ1n) is 8.14. The van der Waals surface area contributed by atoms with Crippen LogP contribution in [-0.4, -0.2) is 39.1 Å². The molecule has 0 aliphatic carbocycles. The van der Waals surface area contributed by atoms with Crippen LogP contribution in [0, 0.1) is 11.6 Å². The van der Waals surface area contributed by atoms with Gasteiger partial charge in [-0.1, -0.05) is 6.07 Å². The van der Waals surface area contributed by atoms with E-state index in [9.17, 15) is 13.6 Å². The van der Waals surface area contributed by atoms with E-state index in [-0.39, 0.29) is 17.1 Å². The summed E-state index contributed by atoms with van der Waals surface area (Å²) < 4.78 is 32.8. The van der Waals surface area contributed by atoms with Crippen molar-refractivity contribution in [1.29, 1.82) is 0 Å². The number of benzene rings is 2. The summed E-state index contributed by atoms with van der Waals surface area (Å²) in [5.41, 5.74) is 1.53. The number of hydrogen-bond donors (Lipinski definition) is 0. The number of carbonyl (C=O) groups excluding carboxylic acids is 1. The van der Waals surface area contributed by atoms with Gasteiger partial charge < -0.3 is 14.5 Å². The monoisotopic (exact) mass is 346 g/mol. The van der Waals surface area contributed by atoms with Crippen molar-refractivity contribution in [1.82, 2.24) is 0 Å². The van der Waals surface area contributed by atoms with Gasteiger partial charge in [-0.05, 0) is 31.2 Å². The Hall–Kier alpha value is -2.63. The van der Waals surface area contributed by atoms with Crippen LogP contribution in [0.3, 0.4) is 0 Å². The predicted molar refractivity (Wildman–Crippen MR) is 93.8 cm³/mol.